The van der Waals surface area contributed by atoms with Crippen molar-refractivity contribution >= 4 is 23.2 Å². The van der Waals surface area contributed by atoms with Crippen LogP contribution in [-0.4, -0.2) is 61.1 Å². The summed E-state index contributed by atoms with van der Waals surface area (Å²) in [6, 6.07) is 8.52. The molecular formula is C26H29FN4O3S. The molecule has 7 nitrogen and oxygen atoms in total. The third-order valence-electron chi connectivity index (χ3n) is 7.31. The Bertz CT molecular complexity index is 1140. The lowest BCUT2D eigenvalue weighted by molar-refractivity contribution is -0.124. The van der Waals surface area contributed by atoms with Gasteiger partial charge in [-0.25, -0.2) is 4.39 Å². The Morgan fingerprint density at radius 2 is 2.09 bits per heavy atom. The third kappa shape index (κ3) is 5.25. The summed E-state index contributed by atoms with van der Waals surface area (Å²) in [6.45, 7) is 2.26. The Hall–Kier alpha value is -2.80. The van der Waals surface area contributed by atoms with Gasteiger partial charge in [0, 0.05) is 19.1 Å². The summed E-state index contributed by atoms with van der Waals surface area (Å²) in [7, 11) is 0. The van der Waals surface area contributed by atoms with Crippen molar-refractivity contribution in [3.63, 3.8) is 0 Å². The zero-order valence-corrected chi connectivity index (χ0v) is 20.3. The van der Waals surface area contributed by atoms with Gasteiger partial charge in [0.2, 0.25) is 5.91 Å². The zero-order chi connectivity index (χ0) is 24.4. The molecule has 4 atom stereocenters. The molecule has 5 rings (SSSR count). The molecule has 2 N–H and O–H groups in total. The molecule has 4 unspecified atom stereocenters. The number of nitriles is 1. The van der Waals surface area contributed by atoms with Gasteiger partial charge in [-0.2, -0.15) is 5.26 Å². The molecule has 2 aromatic rings. The number of amides is 2. The van der Waals surface area contributed by atoms with Crippen molar-refractivity contribution in [1.29, 1.82) is 5.26 Å². The van der Waals surface area contributed by atoms with Crippen LogP contribution in [0.1, 0.15) is 40.9 Å². The van der Waals surface area contributed by atoms with Gasteiger partial charge < -0.3 is 20.3 Å². The second-order valence-corrected chi connectivity index (χ2v) is 10.5. The summed E-state index contributed by atoms with van der Waals surface area (Å²) in [5, 5.41) is 17.6. The lowest BCUT2D eigenvalue weighted by Crippen LogP contribution is -2.50. The summed E-state index contributed by atoms with van der Waals surface area (Å²) >= 11 is 1.36. The second-order valence-electron chi connectivity index (χ2n) is 9.55. The molecule has 2 bridgehead atoms. The van der Waals surface area contributed by atoms with E-state index in [1.807, 2.05) is 17.5 Å². The number of nitrogens with zero attached hydrogens (tertiary/aromatic N) is 2. The molecule has 2 saturated heterocycles. The molecule has 3 heterocycles. The van der Waals surface area contributed by atoms with E-state index in [0.717, 1.165) is 24.8 Å². The van der Waals surface area contributed by atoms with E-state index in [4.69, 9.17) is 4.74 Å². The molecule has 184 valence electrons. The van der Waals surface area contributed by atoms with Gasteiger partial charge in [0.25, 0.3) is 5.91 Å². The number of carbonyl (C=O) groups excluding carboxylic acids is 2. The fraction of sp³-hybridized carbons (Fsp3) is 0.500. The first-order valence-electron chi connectivity index (χ1n) is 12.2. The molecule has 3 aliphatic rings. The molecule has 1 aromatic heterocycles. The maximum absolute atomic E-state index is 14.9. The smallest absolute Gasteiger partial charge is 0.264 e. The Kier molecular flexibility index (Phi) is 7.14. The molecular weight excluding hydrogens is 467 g/mol. The SMILES string of the molecule is N#CC(CCc1ccc(-c2csc(C(=O)N3CCOCC3)c2)cc1F)NC(=O)C1NC2CCC1C2. The number of hydrogen-bond donors (Lipinski definition) is 2. The Balaban J connectivity index is 1.18. The highest BCUT2D eigenvalue weighted by atomic mass is 32.1. The number of benzene rings is 1. The molecule has 0 radical (unpaired) electrons. The van der Waals surface area contributed by atoms with Crippen LogP contribution in [0.4, 0.5) is 4.39 Å². The van der Waals surface area contributed by atoms with E-state index >= 15 is 0 Å². The average Bonchev–Trinajstić information content (AvgIpc) is 3.65. The summed E-state index contributed by atoms with van der Waals surface area (Å²) in [6.07, 6.45) is 3.88. The van der Waals surface area contributed by atoms with Crippen molar-refractivity contribution in [2.75, 3.05) is 26.3 Å². The number of aryl methyl sites for hydroxylation is 1. The summed E-state index contributed by atoms with van der Waals surface area (Å²) < 4.78 is 20.2. The minimum atomic E-state index is -0.659. The maximum atomic E-state index is 14.9. The number of nitrogens with one attached hydrogen (secondary N) is 2. The molecule has 2 aliphatic heterocycles. The number of carbonyl (C=O) groups is 2. The quantitative estimate of drug-likeness (QED) is 0.614. The first kappa shape index (κ1) is 23.9. The first-order chi connectivity index (χ1) is 17.0. The van der Waals surface area contributed by atoms with E-state index < -0.39 is 6.04 Å². The van der Waals surface area contributed by atoms with Crippen LogP contribution in [-0.2, 0) is 16.0 Å². The maximum Gasteiger partial charge on any atom is 0.264 e. The third-order valence-corrected chi connectivity index (χ3v) is 8.23. The van der Waals surface area contributed by atoms with Gasteiger partial charge in [-0.05, 0) is 72.2 Å². The van der Waals surface area contributed by atoms with E-state index in [0.29, 0.717) is 67.1 Å². The summed E-state index contributed by atoms with van der Waals surface area (Å²) in [4.78, 5) is 27.7. The topological polar surface area (TPSA) is 94.5 Å². The molecule has 1 aromatic carbocycles. The monoisotopic (exact) mass is 496 g/mol. The van der Waals surface area contributed by atoms with E-state index in [1.165, 1.54) is 17.4 Å². The van der Waals surface area contributed by atoms with Crippen molar-refractivity contribution in [3.8, 4) is 17.2 Å². The fourth-order valence-electron chi connectivity index (χ4n) is 5.33. The molecule has 35 heavy (non-hydrogen) atoms. The van der Waals surface area contributed by atoms with Crippen molar-refractivity contribution < 1.29 is 18.7 Å². The Morgan fingerprint density at radius 1 is 1.26 bits per heavy atom. The molecule has 9 heteroatoms. The zero-order valence-electron chi connectivity index (χ0n) is 19.5. The highest BCUT2D eigenvalue weighted by Gasteiger charge is 2.43. The van der Waals surface area contributed by atoms with Crippen molar-refractivity contribution in [2.45, 2.75) is 50.2 Å². The second kappa shape index (κ2) is 10.4. The van der Waals surface area contributed by atoms with Crippen LogP contribution in [0.5, 0.6) is 0 Å². The fourth-order valence-corrected chi connectivity index (χ4v) is 6.22. The normalized spacial score (nSPS) is 24.2. The molecule has 2 amide bonds. The van der Waals surface area contributed by atoms with E-state index in [1.54, 1.807) is 11.0 Å². The number of halogens is 1. The van der Waals surface area contributed by atoms with E-state index in [9.17, 15) is 19.2 Å². The number of rotatable bonds is 7. The molecule has 1 aliphatic carbocycles. The highest BCUT2D eigenvalue weighted by molar-refractivity contribution is 7.12. The Morgan fingerprint density at radius 3 is 2.77 bits per heavy atom. The minimum absolute atomic E-state index is 0.0214. The average molecular weight is 497 g/mol. The van der Waals surface area contributed by atoms with Crippen LogP contribution in [0.3, 0.4) is 0 Å². The number of ether oxygens (including phenoxy) is 1. The standard InChI is InChI=1S/C26H29FN4O3S/c27-22-12-17(19-13-23(35-15-19)26(33)31-7-9-34-10-8-31)2-1-16(22)3-6-21(14-28)30-25(32)24-18-4-5-20(11-18)29-24/h1-2,12-13,15,18,20-21,24,29H,3-11H2,(H,30,32). The number of morpholine rings is 1. The lowest BCUT2D eigenvalue weighted by Gasteiger charge is -2.26. The number of hydrogen-bond acceptors (Lipinski definition) is 6. The number of piperidine rings is 1. The van der Waals surface area contributed by atoms with Crippen LogP contribution in [0, 0.1) is 23.1 Å². The van der Waals surface area contributed by atoms with Crippen molar-refractivity contribution in [3.05, 3.63) is 45.9 Å². The van der Waals surface area contributed by atoms with Gasteiger partial charge in [0.05, 0.1) is 30.2 Å². The van der Waals surface area contributed by atoms with Crippen LogP contribution in [0.2, 0.25) is 0 Å². The minimum Gasteiger partial charge on any atom is -0.378 e. The lowest BCUT2D eigenvalue weighted by atomic mass is 9.98. The predicted octanol–water partition coefficient (Wildman–Crippen LogP) is 3.11. The highest BCUT2D eigenvalue weighted by Crippen LogP contribution is 2.35. The van der Waals surface area contributed by atoms with Crippen LogP contribution < -0.4 is 10.6 Å². The molecule has 0 spiro atoms. The number of fused-ring (bicyclic) bond motifs is 2. The van der Waals surface area contributed by atoms with Crippen molar-refractivity contribution in [1.82, 2.24) is 15.5 Å². The van der Waals surface area contributed by atoms with Crippen LogP contribution >= 0.6 is 11.3 Å². The van der Waals surface area contributed by atoms with Crippen LogP contribution in [0.25, 0.3) is 11.1 Å². The summed E-state index contributed by atoms with van der Waals surface area (Å²) in [5.74, 6) is -0.148. The van der Waals surface area contributed by atoms with Gasteiger partial charge in [-0.1, -0.05) is 12.1 Å². The molecule has 1 saturated carbocycles. The van der Waals surface area contributed by atoms with E-state index in [2.05, 4.69) is 16.7 Å². The first-order valence-corrected chi connectivity index (χ1v) is 13.1. The molecule has 3 fully saturated rings. The van der Waals surface area contributed by atoms with Crippen molar-refractivity contribution in [2.24, 2.45) is 5.92 Å². The summed E-state index contributed by atoms with van der Waals surface area (Å²) in [5.41, 5.74) is 2.01. The van der Waals surface area contributed by atoms with Gasteiger partial charge in [-0.3, -0.25) is 9.59 Å². The van der Waals surface area contributed by atoms with Crippen LogP contribution in [0.15, 0.2) is 29.6 Å². The van der Waals surface area contributed by atoms with E-state index in [-0.39, 0.29) is 23.7 Å². The van der Waals surface area contributed by atoms with Gasteiger partial charge >= 0.3 is 0 Å². The van der Waals surface area contributed by atoms with Gasteiger partial charge in [0.15, 0.2) is 0 Å². The largest absolute Gasteiger partial charge is 0.378 e. The number of thiophene rings is 1. The van der Waals surface area contributed by atoms with Gasteiger partial charge in [0.1, 0.15) is 11.9 Å². The Labute approximate surface area is 208 Å². The van der Waals surface area contributed by atoms with Gasteiger partial charge in [-0.15, -0.1) is 11.3 Å². The predicted molar refractivity (Wildman–Crippen MR) is 130 cm³/mol.